The Morgan fingerprint density at radius 3 is 2.93 bits per heavy atom. The zero-order valence-electron chi connectivity index (χ0n) is 15.2. The molecular weight excluding hydrogens is 344 g/mol. The Bertz CT molecular complexity index is 898. The average molecular weight is 366 g/mol. The van der Waals surface area contributed by atoms with Gasteiger partial charge in [-0.2, -0.15) is 0 Å². The molecule has 0 bridgehead atoms. The van der Waals surface area contributed by atoms with E-state index < -0.39 is 0 Å². The molecule has 6 nitrogen and oxygen atoms in total. The van der Waals surface area contributed by atoms with Crippen LogP contribution in [-0.2, 0) is 16.1 Å². The lowest BCUT2D eigenvalue weighted by atomic mass is 9.83. The molecule has 1 aromatic carbocycles. The number of fused-ring (bicyclic) bond motifs is 1. The monoisotopic (exact) mass is 366 g/mol. The number of imidazole rings is 1. The number of methoxy groups -OCH3 is 1. The maximum atomic E-state index is 12.3. The van der Waals surface area contributed by atoms with Crippen LogP contribution in [0.5, 0.6) is 5.75 Å². The highest BCUT2D eigenvalue weighted by atomic mass is 16.5. The van der Waals surface area contributed by atoms with E-state index >= 15 is 0 Å². The van der Waals surface area contributed by atoms with Crippen molar-refractivity contribution in [2.45, 2.75) is 25.6 Å². The van der Waals surface area contributed by atoms with Crippen molar-refractivity contribution in [1.82, 2.24) is 9.38 Å². The lowest BCUT2D eigenvalue weighted by molar-refractivity contribution is -0.0270. The van der Waals surface area contributed by atoms with E-state index in [1.807, 2.05) is 41.1 Å². The highest BCUT2D eigenvalue weighted by Crippen LogP contribution is 2.30. The minimum atomic E-state index is -0.325. The Balaban J connectivity index is 1.32. The molecule has 1 aliphatic rings. The third-order valence-corrected chi connectivity index (χ3v) is 4.85. The second-order valence-electron chi connectivity index (χ2n) is 6.81. The van der Waals surface area contributed by atoms with Crippen molar-refractivity contribution < 1.29 is 19.0 Å². The Morgan fingerprint density at radius 1 is 1.22 bits per heavy atom. The number of aromatic nitrogens is 2. The van der Waals surface area contributed by atoms with Crippen molar-refractivity contribution in [3.63, 3.8) is 0 Å². The smallest absolute Gasteiger partial charge is 0.338 e. The summed E-state index contributed by atoms with van der Waals surface area (Å²) in [6, 6.07) is 12.9. The molecule has 0 radical (unpaired) electrons. The van der Waals surface area contributed by atoms with E-state index in [2.05, 4.69) is 4.98 Å². The second kappa shape index (κ2) is 7.80. The van der Waals surface area contributed by atoms with Crippen molar-refractivity contribution in [3.05, 3.63) is 66.1 Å². The quantitative estimate of drug-likeness (QED) is 0.599. The lowest BCUT2D eigenvalue weighted by Gasteiger charge is -2.33. The normalized spacial score (nSPS) is 18.9. The van der Waals surface area contributed by atoms with Crippen LogP contribution in [0.2, 0.25) is 0 Å². The van der Waals surface area contributed by atoms with Gasteiger partial charge < -0.3 is 18.6 Å². The van der Waals surface area contributed by atoms with E-state index in [1.165, 1.54) is 0 Å². The number of esters is 1. The number of benzene rings is 1. The zero-order valence-corrected chi connectivity index (χ0v) is 15.2. The topological polar surface area (TPSA) is 62.1 Å². The molecule has 0 amide bonds. The molecular formula is C21H22N2O4. The fourth-order valence-electron chi connectivity index (χ4n) is 3.21. The van der Waals surface area contributed by atoms with Crippen molar-refractivity contribution in [1.29, 1.82) is 0 Å². The van der Waals surface area contributed by atoms with Crippen LogP contribution in [0.15, 0.2) is 54.9 Å². The van der Waals surface area contributed by atoms with Gasteiger partial charge in [-0.3, -0.25) is 0 Å². The van der Waals surface area contributed by atoms with E-state index in [4.69, 9.17) is 14.2 Å². The zero-order chi connectivity index (χ0) is 18.6. The van der Waals surface area contributed by atoms with E-state index in [1.54, 1.807) is 25.3 Å². The third-order valence-electron chi connectivity index (χ3n) is 4.85. The predicted molar refractivity (Wildman–Crippen MR) is 99.8 cm³/mol. The summed E-state index contributed by atoms with van der Waals surface area (Å²) in [7, 11) is 1.71. The van der Waals surface area contributed by atoms with Gasteiger partial charge in [0.15, 0.2) is 0 Å². The lowest BCUT2D eigenvalue weighted by Crippen LogP contribution is -2.33. The first-order valence-electron chi connectivity index (χ1n) is 9.06. The van der Waals surface area contributed by atoms with Gasteiger partial charge in [0.2, 0.25) is 0 Å². The first-order valence-corrected chi connectivity index (χ1v) is 9.06. The summed E-state index contributed by atoms with van der Waals surface area (Å²) in [6.07, 6.45) is 6.08. The summed E-state index contributed by atoms with van der Waals surface area (Å²) in [5, 5.41) is 0. The molecule has 0 unspecified atom stereocenters. The Labute approximate surface area is 157 Å². The van der Waals surface area contributed by atoms with Crippen LogP contribution in [0.1, 0.15) is 28.9 Å². The number of hydrogen-bond acceptors (Lipinski definition) is 5. The summed E-state index contributed by atoms with van der Waals surface area (Å²) in [6.45, 7) is 0.770. The molecule has 2 heterocycles. The summed E-state index contributed by atoms with van der Waals surface area (Å²) >= 11 is 0. The van der Waals surface area contributed by atoms with Crippen molar-refractivity contribution in [3.8, 4) is 5.75 Å². The number of ether oxygens (including phenoxy) is 3. The number of carbonyl (C=O) groups is 1. The number of nitrogens with zero attached hydrogens (tertiary/aromatic N) is 2. The molecule has 0 atom stereocenters. The summed E-state index contributed by atoms with van der Waals surface area (Å²) in [4.78, 5) is 16.8. The van der Waals surface area contributed by atoms with Crippen molar-refractivity contribution in [2.24, 2.45) is 5.92 Å². The van der Waals surface area contributed by atoms with Gasteiger partial charge in [-0.25, -0.2) is 9.78 Å². The van der Waals surface area contributed by atoms with Crippen LogP contribution >= 0.6 is 0 Å². The van der Waals surface area contributed by atoms with E-state index in [0.717, 1.165) is 24.2 Å². The molecule has 6 heteroatoms. The molecule has 27 heavy (non-hydrogen) atoms. The van der Waals surface area contributed by atoms with Gasteiger partial charge in [-0.05, 0) is 49.1 Å². The van der Waals surface area contributed by atoms with Crippen LogP contribution in [-0.4, -0.2) is 35.2 Å². The van der Waals surface area contributed by atoms with Crippen LogP contribution in [0.4, 0.5) is 0 Å². The molecule has 1 fully saturated rings. The molecule has 1 aliphatic carbocycles. The summed E-state index contributed by atoms with van der Waals surface area (Å²) in [5.74, 6) is 0.687. The summed E-state index contributed by atoms with van der Waals surface area (Å²) < 4.78 is 18.4. The fourth-order valence-corrected chi connectivity index (χ4v) is 3.21. The first kappa shape index (κ1) is 17.5. The third kappa shape index (κ3) is 4.11. The van der Waals surface area contributed by atoms with Crippen LogP contribution in [0, 0.1) is 5.92 Å². The molecule has 0 aliphatic heterocycles. The number of pyridine rings is 1. The minimum absolute atomic E-state index is 0.310. The molecule has 0 N–H and O–H groups in total. The number of hydrogen-bond donors (Lipinski definition) is 0. The van der Waals surface area contributed by atoms with Gasteiger partial charge in [0.05, 0.1) is 24.0 Å². The minimum Gasteiger partial charge on any atom is -0.487 e. The van der Waals surface area contributed by atoms with E-state index in [9.17, 15) is 4.79 Å². The van der Waals surface area contributed by atoms with Gasteiger partial charge in [0.1, 0.15) is 18.0 Å². The molecule has 0 spiro atoms. The Hall–Kier alpha value is -2.86. The molecule has 2 aromatic heterocycles. The van der Waals surface area contributed by atoms with Crippen LogP contribution < -0.4 is 4.74 Å². The number of rotatable bonds is 7. The van der Waals surface area contributed by atoms with Gasteiger partial charge in [0, 0.05) is 19.5 Å². The second-order valence-corrected chi connectivity index (χ2v) is 6.81. The molecule has 4 rings (SSSR count). The Morgan fingerprint density at radius 2 is 2.11 bits per heavy atom. The van der Waals surface area contributed by atoms with Crippen LogP contribution in [0.3, 0.4) is 0 Å². The van der Waals surface area contributed by atoms with Gasteiger partial charge >= 0.3 is 5.97 Å². The van der Waals surface area contributed by atoms with Crippen LogP contribution in [0.25, 0.3) is 5.65 Å². The maximum absolute atomic E-state index is 12.3. The van der Waals surface area contributed by atoms with E-state index in [0.29, 0.717) is 36.5 Å². The predicted octanol–water partition coefficient (Wildman–Crippen LogP) is 3.50. The fraction of sp³-hybridized carbons (Fsp3) is 0.333. The largest absolute Gasteiger partial charge is 0.487 e. The van der Waals surface area contributed by atoms with Gasteiger partial charge in [0.25, 0.3) is 0 Å². The summed E-state index contributed by atoms with van der Waals surface area (Å²) in [5.41, 5.74) is 2.19. The molecule has 140 valence electrons. The standard InChI is InChI=1S/C21H22N2O4/c1-25-19-9-15(10-19)13-27-21(24)16-5-4-6-18(11-16)26-14-17-12-23-8-3-2-7-20(23)22-17/h2-8,11-12,15,19H,9-10,13-14H2,1H3. The highest BCUT2D eigenvalue weighted by Gasteiger charge is 2.30. The average Bonchev–Trinajstić information content (AvgIpc) is 3.08. The van der Waals surface area contributed by atoms with E-state index in [-0.39, 0.29) is 5.97 Å². The number of carbonyl (C=O) groups excluding carboxylic acids is 1. The Kier molecular flexibility index (Phi) is 5.07. The van der Waals surface area contributed by atoms with Crippen molar-refractivity contribution >= 4 is 11.6 Å². The van der Waals surface area contributed by atoms with Gasteiger partial charge in [-0.15, -0.1) is 0 Å². The van der Waals surface area contributed by atoms with Gasteiger partial charge in [-0.1, -0.05) is 12.1 Å². The maximum Gasteiger partial charge on any atom is 0.338 e. The molecule has 0 saturated heterocycles. The molecule has 1 saturated carbocycles. The molecule has 3 aromatic rings. The first-order chi connectivity index (χ1) is 13.2. The highest BCUT2D eigenvalue weighted by molar-refractivity contribution is 5.89. The van der Waals surface area contributed by atoms with Crippen molar-refractivity contribution in [2.75, 3.05) is 13.7 Å². The SMILES string of the molecule is COC1CC(COC(=O)c2cccc(OCc3cn4ccccc4n3)c2)C1.